The zero-order valence-corrected chi connectivity index (χ0v) is 10.6. The van der Waals surface area contributed by atoms with Crippen LogP contribution in [0.1, 0.15) is 32.6 Å². The van der Waals surface area contributed by atoms with Crippen molar-refractivity contribution >= 4 is 0 Å². The Balaban J connectivity index is 2.34. The molecule has 1 fully saturated rings. The van der Waals surface area contributed by atoms with Crippen molar-refractivity contribution in [3.63, 3.8) is 0 Å². The molecular weight excluding hydrogens is 206 g/mol. The number of rotatable bonds is 6. The summed E-state index contributed by atoms with van der Waals surface area (Å²) in [6, 6.07) is 0.393. The van der Waals surface area contributed by atoms with Gasteiger partial charge in [-0.3, -0.25) is 0 Å². The quantitative estimate of drug-likeness (QED) is 0.714. The predicted molar refractivity (Wildman–Crippen MR) is 63.5 cm³/mol. The molecule has 0 amide bonds. The molecule has 0 bridgehead atoms. The van der Waals surface area contributed by atoms with E-state index in [1.807, 2.05) is 6.92 Å². The molecule has 4 nitrogen and oxygen atoms in total. The molecule has 0 aliphatic heterocycles. The third-order valence-electron chi connectivity index (χ3n) is 3.40. The summed E-state index contributed by atoms with van der Waals surface area (Å²) in [5.41, 5.74) is 0. The van der Waals surface area contributed by atoms with Crippen LogP contribution in [-0.4, -0.2) is 50.2 Å². The number of aliphatic hydroxyl groups excluding tert-OH is 1. The zero-order chi connectivity index (χ0) is 12.0. The third kappa shape index (κ3) is 4.37. The van der Waals surface area contributed by atoms with E-state index >= 15 is 0 Å². The van der Waals surface area contributed by atoms with E-state index in [2.05, 4.69) is 5.32 Å². The van der Waals surface area contributed by atoms with Gasteiger partial charge >= 0.3 is 0 Å². The summed E-state index contributed by atoms with van der Waals surface area (Å²) in [5, 5.41) is 12.9. The summed E-state index contributed by atoms with van der Waals surface area (Å²) < 4.78 is 10.8. The van der Waals surface area contributed by atoms with E-state index in [9.17, 15) is 5.11 Å². The maximum atomic E-state index is 9.51. The SMILES string of the molecule is CCC(O)CNC1C[C@@H](OC)C[C@@H](OC)C1. The standard InChI is InChI=1S/C12H25NO3/c1-4-10(14)8-13-9-5-11(15-2)7-12(6-9)16-3/h9-14H,4-8H2,1-3H3/t9?,10?,11-,12+. The number of methoxy groups -OCH3 is 2. The monoisotopic (exact) mass is 231 g/mol. The average Bonchev–Trinajstić information content (AvgIpc) is 2.35. The van der Waals surface area contributed by atoms with Crippen molar-refractivity contribution in [1.82, 2.24) is 5.32 Å². The minimum absolute atomic E-state index is 0.246. The minimum atomic E-state index is -0.246. The smallest absolute Gasteiger partial charge is 0.0662 e. The Morgan fingerprint density at radius 2 is 1.75 bits per heavy atom. The lowest BCUT2D eigenvalue weighted by Crippen LogP contribution is -2.44. The highest BCUT2D eigenvalue weighted by atomic mass is 16.5. The molecular formula is C12H25NO3. The van der Waals surface area contributed by atoms with E-state index in [0.29, 0.717) is 12.6 Å². The molecule has 1 rings (SSSR count). The van der Waals surface area contributed by atoms with E-state index in [-0.39, 0.29) is 18.3 Å². The molecule has 96 valence electrons. The maximum Gasteiger partial charge on any atom is 0.0662 e. The fourth-order valence-electron chi connectivity index (χ4n) is 2.22. The second kappa shape index (κ2) is 7.22. The van der Waals surface area contributed by atoms with Crippen LogP contribution < -0.4 is 5.32 Å². The fourth-order valence-corrected chi connectivity index (χ4v) is 2.22. The van der Waals surface area contributed by atoms with E-state index in [1.54, 1.807) is 14.2 Å². The summed E-state index contributed by atoms with van der Waals surface area (Å²) >= 11 is 0. The van der Waals surface area contributed by atoms with Gasteiger partial charge in [-0.15, -0.1) is 0 Å². The van der Waals surface area contributed by atoms with Crippen LogP contribution in [0.15, 0.2) is 0 Å². The van der Waals surface area contributed by atoms with Crippen molar-refractivity contribution in [1.29, 1.82) is 0 Å². The second-order valence-electron chi connectivity index (χ2n) is 4.59. The Morgan fingerprint density at radius 1 is 1.19 bits per heavy atom. The van der Waals surface area contributed by atoms with Gasteiger partial charge < -0.3 is 19.9 Å². The van der Waals surface area contributed by atoms with Gasteiger partial charge in [0.1, 0.15) is 0 Å². The van der Waals surface area contributed by atoms with Crippen LogP contribution in [0.2, 0.25) is 0 Å². The van der Waals surface area contributed by atoms with Gasteiger partial charge in [-0.1, -0.05) is 6.92 Å². The second-order valence-corrected chi connectivity index (χ2v) is 4.59. The first-order valence-corrected chi connectivity index (χ1v) is 6.16. The van der Waals surface area contributed by atoms with Crippen LogP contribution in [0.3, 0.4) is 0 Å². The van der Waals surface area contributed by atoms with E-state index in [0.717, 1.165) is 25.7 Å². The average molecular weight is 231 g/mol. The van der Waals surface area contributed by atoms with Gasteiger partial charge in [0.25, 0.3) is 0 Å². The molecule has 4 heteroatoms. The van der Waals surface area contributed by atoms with Crippen LogP contribution in [0, 0.1) is 0 Å². The van der Waals surface area contributed by atoms with E-state index < -0.39 is 0 Å². The first-order chi connectivity index (χ1) is 7.69. The first-order valence-electron chi connectivity index (χ1n) is 6.16. The van der Waals surface area contributed by atoms with E-state index in [1.165, 1.54) is 0 Å². The molecule has 0 aromatic heterocycles. The van der Waals surface area contributed by atoms with Crippen molar-refractivity contribution in [2.24, 2.45) is 0 Å². The van der Waals surface area contributed by atoms with Crippen LogP contribution >= 0.6 is 0 Å². The summed E-state index contributed by atoms with van der Waals surface area (Å²) in [4.78, 5) is 0. The predicted octanol–water partition coefficient (Wildman–Crippen LogP) is 0.929. The van der Waals surface area contributed by atoms with Crippen LogP contribution in [0.25, 0.3) is 0 Å². The fraction of sp³-hybridized carbons (Fsp3) is 1.00. The molecule has 1 saturated carbocycles. The largest absolute Gasteiger partial charge is 0.392 e. The molecule has 0 aromatic rings. The number of hydrogen-bond acceptors (Lipinski definition) is 4. The molecule has 4 atom stereocenters. The zero-order valence-electron chi connectivity index (χ0n) is 10.6. The Labute approximate surface area is 98.3 Å². The van der Waals surface area contributed by atoms with E-state index in [4.69, 9.17) is 9.47 Å². The van der Waals surface area contributed by atoms with Gasteiger partial charge in [0, 0.05) is 26.8 Å². The van der Waals surface area contributed by atoms with Gasteiger partial charge in [-0.05, 0) is 25.7 Å². The van der Waals surface area contributed by atoms with Gasteiger partial charge in [0.2, 0.25) is 0 Å². The lowest BCUT2D eigenvalue weighted by Gasteiger charge is -2.34. The van der Waals surface area contributed by atoms with Crippen LogP contribution in [0.5, 0.6) is 0 Å². The van der Waals surface area contributed by atoms with Gasteiger partial charge in [0.15, 0.2) is 0 Å². The molecule has 0 radical (unpaired) electrons. The van der Waals surface area contributed by atoms with Crippen LogP contribution in [0.4, 0.5) is 0 Å². The van der Waals surface area contributed by atoms with Gasteiger partial charge in [0.05, 0.1) is 18.3 Å². The topological polar surface area (TPSA) is 50.7 Å². The minimum Gasteiger partial charge on any atom is -0.392 e. The molecule has 1 aliphatic carbocycles. The molecule has 0 spiro atoms. The molecule has 0 heterocycles. The molecule has 2 N–H and O–H groups in total. The summed E-state index contributed by atoms with van der Waals surface area (Å²) in [6.07, 6.45) is 4.08. The number of ether oxygens (including phenoxy) is 2. The van der Waals surface area contributed by atoms with Crippen molar-refractivity contribution in [2.75, 3.05) is 20.8 Å². The van der Waals surface area contributed by atoms with Crippen molar-refractivity contribution < 1.29 is 14.6 Å². The normalized spacial score (nSPS) is 32.6. The highest BCUT2D eigenvalue weighted by Crippen LogP contribution is 2.23. The Morgan fingerprint density at radius 3 is 2.19 bits per heavy atom. The van der Waals surface area contributed by atoms with Gasteiger partial charge in [-0.2, -0.15) is 0 Å². The summed E-state index contributed by atoms with van der Waals surface area (Å²) in [6.45, 7) is 2.65. The van der Waals surface area contributed by atoms with Gasteiger partial charge in [-0.25, -0.2) is 0 Å². The molecule has 1 aliphatic rings. The first kappa shape index (κ1) is 13.9. The Bertz CT molecular complexity index is 177. The highest BCUT2D eigenvalue weighted by Gasteiger charge is 2.28. The summed E-state index contributed by atoms with van der Waals surface area (Å²) in [7, 11) is 3.50. The number of hydrogen-bond donors (Lipinski definition) is 2. The molecule has 16 heavy (non-hydrogen) atoms. The highest BCUT2D eigenvalue weighted by molar-refractivity contribution is 4.84. The molecule has 0 aromatic carbocycles. The lowest BCUT2D eigenvalue weighted by molar-refractivity contribution is -0.0222. The number of nitrogens with one attached hydrogen (secondary N) is 1. The third-order valence-corrected chi connectivity index (χ3v) is 3.40. The van der Waals surface area contributed by atoms with Crippen molar-refractivity contribution in [3.05, 3.63) is 0 Å². The Hall–Kier alpha value is -0.160. The van der Waals surface area contributed by atoms with Crippen molar-refractivity contribution in [3.8, 4) is 0 Å². The maximum absolute atomic E-state index is 9.51. The molecule has 0 saturated heterocycles. The van der Waals surface area contributed by atoms with Crippen LogP contribution in [-0.2, 0) is 9.47 Å². The Kier molecular flexibility index (Phi) is 6.28. The lowest BCUT2D eigenvalue weighted by atomic mass is 9.90. The summed E-state index contributed by atoms with van der Waals surface area (Å²) in [5.74, 6) is 0. The number of aliphatic hydroxyl groups is 1. The molecule has 2 unspecified atom stereocenters. The van der Waals surface area contributed by atoms with Crippen molar-refractivity contribution in [2.45, 2.75) is 57.0 Å².